The van der Waals surface area contributed by atoms with Crippen molar-refractivity contribution in [2.45, 2.75) is 26.0 Å². The van der Waals surface area contributed by atoms with Crippen molar-refractivity contribution >= 4 is 17.5 Å². The maximum absolute atomic E-state index is 11.4. The van der Waals surface area contributed by atoms with Crippen molar-refractivity contribution in [3.05, 3.63) is 34.3 Å². The molecule has 1 aliphatic rings. The molecule has 16 heavy (non-hydrogen) atoms. The summed E-state index contributed by atoms with van der Waals surface area (Å²) >= 11 is 5.87. The number of hydrogen-bond acceptors (Lipinski definition) is 2. The lowest BCUT2D eigenvalue weighted by atomic mass is 10.1. The van der Waals surface area contributed by atoms with Crippen LogP contribution in [0.15, 0.2) is 18.2 Å². The Labute approximate surface area is 99.4 Å². The summed E-state index contributed by atoms with van der Waals surface area (Å²) in [4.78, 5) is 11.4. The number of rotatable bonds is 4. The maximum Gasteiger partial charge on any atom is 0.223 e. The molecule has 1 aromatic rings. The third-order valence-electron chi connectivity index (χ3n) is 2.70. The number of amides is 1. The third kappa shape index (κ3) is 2.74. The Morgan fingerprint density at radius 3 is 2.88 bits per heavy atom. The average Bonchev–Trinajstić information content (AvgIpc) is 3.11. The monoisotopic (exact) mass is 239 g/mol. The van der Waals surface area contributed by atoms with E-state index in [2.05, 4.69) is 5.32 Å². The van der Waals surface area contributed by atoms with Gasteiger partial charge in [-0.1, -0.05) is 23.7 Å². The molecule has 2 N–H and O–H groups in total. The van der Waals surface area contributed by atoms with Crippen molar-refractivity contribution in [1.29, 1.82) is 0 Å². The first-order chi connectivity index (χ1) is 7.70. The highest BCUT2D eigenvalue weighted by Gasteiger charge is 2.29. The molecule has 2 rings (SSSR count). The van der Waals surface area contributed by atoms with Crippen LogP contribution in [-0.2, 0) is 17.9 Å². The van der Waals surface area contributed by atoms with Gasteiger partial charge in [-0.25, -0.2) is 0 Å². The Morgan fingerprint density at radius 1 is 1.50 bits per heavy atom. The summed E-state index contributed by atoms with van der Waals surface area (Å²) in [7, 11) is 0. The highest BCUT2D eigenvalue weighted by molar-refractivity contribution is 6.31. The molecule has 0 bridgehead atoms. The zero-order chi connectivity index (χ0) is 11.5. The minimum atomic E-state index is -0.0801. The lowest BCUT2D eigenvalue weighted by Gasteiger charge is -2.07. The van der Waals surface area contributed by atoms with Gasteiger partial charge in [0.1, 0.15) is 0 Å². The highest BCUT2D eigenvalue weighted by Crippen LogP contribution is 2.28. The molecule has 1 amide bonds. The Hall–Kier alpha value is -1.06. The van der Waals surface area contributed by atoms with E-state index in [9.17, 15) is 4.79 Å². The van der Waals surface area contributed by atoms with Gasteiger partial charge in [0.05, 0.1) is 6.61 Å². The van der Waals surface area contributed by atoms with Crippen LogP contribution in [0.5, 0.6) is 0 Å². The Bertz CT molecular complexity index is 402. The van der Waals surface area contributed by atoms with Crippen molar-refractivity contribution in [2.24, 2.45) is 5.92 Å². The van der Waals surface area contributed by atoms with Gasteiger partial charge >= 0.3 is 0 Å². The molecule has 1 fully saturated rings. The van der Waals surface area contributed by atoms with Crippen molar-refractivity contribution in [1.82, 2.24) is 5.32 Å². The number of aliphatic hydroxyl groups is 1. The van der Waals surface area contributed by atoms with Crippen molar-refractivity contribution in [3.8, 4) is 0 Å². The van der Waals surface area contributed by atoms with Gasteiger partial charge in [-0.05, 0) is 30.0 Å². The molecule has 1 saturated carbocycles. The summed E-state index contributed by atoms with van der Waals surface area (Å²) in [5.74, 6) is 0.352. The summed E-state index contributed by atoms with van der Waals surface area (Å²) in [6.07, 6.45) is 2.02. The van der Waals surface area contributed by atoms with E-state index in [-0.39, 0.29) is 18.4 Å². The van der Waals surface area contributed by atoms with Crippen LogP contribution in [0.4, 0.5) is 0 Å². The van der Waals surface area contributed by atoms with Crippen LogP contribution in [0.25, 0.3) is 0 Å². The predicted octanol–water partition coefficient (Wildman–Crippen LogP) is 1.86. The second-order valence-electron chi connectivity index (χ2n) is 4.08. The van der Waals surface area contributed by atoms with Crippen molar-refractivity contribution < 1.29 is 9.90 Å². The average molecular weight is 240 g/mol. The zero-order valence-corrected chi connectivity index (χ0v) is 9.63. The molecule has 0 unspecified atom stereocenters. The first-order valence-corrected chi connectivity index (χ1v) is 5.74. The molecular weight excluding hydrogens is 226 g/mol. The number of carbonyl (C=O) groups is 1. The second-order valence-corrected chi connectivity index (χ2v) is 4.48. The fraction of sp³-hybridized carbons (Fsp3) is 0.417. The Kier molecular flexibility index (Phi) is 3.46. The van der Waals surface area contributed by atoms with E-state index < -0.39 is 0 Å². The van der Waals surface area contributed by atoms with Crippen LogP contribution < -0.4 is 5.32 Å². The van der Waals surface area contributed by atoms with E-state index in [1.807, 2.05) is 12.1 Å². The summed E-state index contributed by atoms with van der Waals surface area (Å²) in [5.41, 5.74) is 1.65. The lowest BCUT2D eigenvalue weighted by Crippen LogP contribution is -2.24. The van der Waals surface area contributed by atoms with Gasteiger partial charge in [-0.3, -0.25) is 4.79 Å². The summed E-state index contributed by atoms with van der Waals surface area (Å²) in [5, 5.41) is 12.5. The van der Waals surface area contributed by atoms with Crippen LogP contribution in [0.3, 0.4) is 0 Å². The van der Waals surface area contributed by atoms with Crippen LogP contribution in [-0.4, -0.2) is 11.0 Å². The van der Waals surface area contributed by atoms with E-state index in [1.165, 1.54) is 0 Å². The van der Waals surface area contributed by atoms with Crippen molar-refractivity contribution in [3.63, 3.8) is 0 Å². The Morgan fingerprint density at radius 2 is 2.25 bits per heavy atom. The normalized spacial score (nSPS) is 14.9. The highest BCUT2D eigenvalue weighted by atomic mass is 35.5. The molecule has 4 heteroatoms. The number of hydrogen-bond donors (Lipinski definition) is 2. The fourth-order valence-electron chi connectivity index (χ4n) is 1.54. The van der Waals surface area contributed by atoms with Crippen molar-refractivity contribution in [2.75, 3.05) is 0 Å². The van der Waals surface area contributed by atoms with Gasteiger partial charge in [0.2, 0.25) is 5.91 Å². The molecule has 1 aliphatic carbocycles. The van der Waals surface area contributed by atoms with E-state index in [0.717, 1.165) is 18.4 Å². The van der Waals surface area contributed by atoms with Gasteiger partial charge in [-0.15, -0.1) is 0 Å². The van der Waals surface area contributed by atoms with Gasteiger partial charge < -0.3 is 10.4 Å². The van der Waals surface area contributed by atoms with E-state index in [1.54, 1.807) is 6.07 Å². The topological polar surface area (TPSA) is 49.3 Å². The SMILES string of the molecule is O=C(NCc1ccc(Cl)c(CO)c1)C1CC1. The molecule has 1 aromatic carbocycles. The maximum atomic E-state index is 11.4. The second kappa shape index (κ2) is 4.85. The molecule has 0 radical (unpaired) electrons. The zero-order valence-electron chi connectivity index (χ0n) is 8.87. The van der Waals surface area contributed by atoms with E-state index >= 15 is 0 Å². The summed E-state index contributed by atoms with van der Waals surface area (Å²) in [6.45, 7) is 0.419. The van der Waals surface area contributed by atoms with Gasteiger partial charge in [0.15, 0.2) is 0 Å². The molecule has 0 heterocycles. The minimum Gasteiger partial charge on any atom is -0.392 e. The molecule has 0 saturated heterocycles. The smallest absolute Gasteiger partial charge is 0.223 e. The first kappa shape index (κ1) is 11.4. The van der Waals surface area contributed by atoms with Gasteiger partial charge in [0, 0.05) is 17.5 Å². The first-order valence-electron chi connectivity index (χ1n) is 5.36. The van der Waals surface area contributed by atoms with Crippen LogP contribution >= 0.6 is 11.6 Å². The number of benzene rings is 1. The number of aliphatic hydroxyl groups excluding tert-OH is 1. The minimum absolute atomic E-state index is 0.0801. The molecule has 86 valence electrons. The molecular formula is C12H14ClNO2. The largest absolute Gasteiger partial charge is 0.392 e. The third-order valence-corrected chi connectivity index (χ3v) is 3.06. The molecule has 0 aromatic heterocycles. The predicted molar refractivity (Wildman–Crippen MR) is 61.9 cm³/mol. The summed E-state index contributed by atoms with van der Waals surface area (Å²) < 4.78 is 0. The Balaban J connectivity index is 1.95. The number of carbonyl (C=O) groups excluding carboxylic acids is 1. The number of halogens is 1. The fourth-order valence-corrected chi connectivity index (χ4v) is 1.72. The van der Waals surface area contributed by atoms with Crippen LogP contribution in [0.1, 0.15) is 24.0 Å². The molecule has 3 nitrogen and oxygen atoms in total. The van der Waals surface area contributed by atoms with E-state index in [4.69, 9.17) is 16.7 Å². The number of nitrogens with one attached hydrogen (secondary N) is 1. The lowest BCUT2D eigenvalue weighted by molar-refractivity contribution is -0.122. The standard InChI is InChI=1S/C12H14ClNO2/c13-11-4-1-8(5-10(11)7-15)6-14-12(16)9-2-3-9/h1,4-5,9,15H,2-3,6-7H2,(H,14,16). The molecule has 0 atom stereocenters. The van der Waals surface area contributed by atoms with Crippen LogP contribution in [0.2, 0.25) is 5.02 Å². The molecule has 0 aliphatic heterocycles. The summed E-state index contributed by atoms with van der Waals surface area (Å²) in [6, 6.07) is 5.41. The van der Waals surface area contributed by atoms with E-state index in [0.29, 0.717) is 17.1 Å². The van der Waals surface area contributed by atoms with Crippen LogP contribution in [0, 0.1) is 5.92 Å². The molecule has 0 spiro atoms. The quantitative estimate of drug-likeness (QED) is 0.843. The van der Waals surface area contributed by atoms with Gasteiger partial charge in [0.25, 0.3) is 0 Å². The van der Waals surface area contributed by atoms with Gasteiger partial charge in [-0.2, -0.15) is 0 Å².